The Bertz CT molecular complexity index is 386. The van der Waals surface area contributed by atoms with Crippen LogP contribution < -0.4 is 4.52 Å². The highest BCUT2D eigenvalue weighted by Crippen LogP contribution is 2.43. The van der Waals surface area contributed by atoms with Crippen molar-refractivity contribution in [1.82, 2.24) is 0 Å². The van der Waals surface area contributed by atoms with Gasteiger partial charge in [0.2, 0.25) is 0 Å². The van der Waals surface area contributed by atoms with Gasteiger partial charge in [0.15, 0.2) is 0 Å². The lowest BCUT2D eigenvalue weighted by atomic mass is 10.2. The SMILES string of the molecule is Cc1ccc(OP(=O)(O)OCCC(C)C)cc1. The predicted octanol–water partition coefficient (Wildman–Crippen LogP) is 3.54. The molecular weight excluding hydrogens is 239 g/mol. The van der Waals surface area contributed by atoms with Crippen LogP contribution in [0.3, 0.4) is 0 Å². The molecule has 0 heterocycles. The zero-order valence-corrected chi connectivity index (χ0v) is 11.3. The van der Waals surface area contributed by atoms with Crippen LogP contribution in [-0.2, 0) is 9.09 Å². The Morgan fingerprint density at radius 2 is 1.88 bits per heavy atom. The van der Waals surface area contributed by atoms with Gasteiger partial charge in [0, 0.05) is 0 Å². The van der Waals surface area contributed by atoms with Gasteiger partial charge in [-0.3, -0.25) is 9.42 Å². The van der Waals surface area contributed by atoms with Gasteiger partial charge in [0.25, 0.3) is 0 Å². The summed E-state index contributed by atoms with van der Waals surface area (Å²) in [7, 11) is -3.99. The second kappa shape index (κ2) is 6.20. The van der Waals surface area contributed by atoms with Crippen molar-refractivity contribution in [3.05, 3.63) is 29.8 Å². The van der Waals surface area contributed by atoms with Crippen molar-refractivity contribution in [1.29, 1.82) is 0 Å². The average Bonchev–Trinajstić information content (AvgIpc) is 2.20. The molecule has 0 aliphatic rings. The lowest BCUT2D eigenvalue weighted by molar-refractivity contribution is 0.194. The Morgan fingerprint density at radius 1 is 1.29 bits per heavy atom. The van der Waals surface area contributed by atoms with E-state index in [2.05, 4.69) is 0 Å². The minimum Gasteiger partial charge on any atom is -0.404 e. The van der Waals surface area contributed by atoms with E-state index in [9.17, 15) is 9.46 Å². The predicted molar refractivity (Wildman–Crippen MR) is 67.0 cm³/mol. The first-order valence-corrected chi connectivity index (χ1v) is 7.12. The van der Waals surface area contributed by atoms with Gasteiger partial charge in [-0.05, 0) is 31.4 Å². The summed E-state index contributed by atoms with van der Waals surface area (Å²) >= 11 is 0. The molecule has 5 heteroatoms. The highest BCUT2D eigenvalue weighted by Gasteiger charge is 2.22. The molecule has 0 saturated carbocycles. The fraction of sp³-hybridized carbons (Fsp3) is 0.500. The third-order valence-electron chi connectivity index (χ3n) is 2.19. The summed E-state index contributed by atoms with van der Waals surface area (Å²) in [6.07, 6.45) is 0.724. The minimum atomic E-state index is -3.99. The summed E-state index contributed by atoms with van der Waals surface area (Å²) in [5.41, 5.74) is 1.06. The molecule has 1 unspecified atom stereocenters. The molecule has 1 atom stereocenters. The van der Waals surface area contributed by atoms with Gasteiger partial charge in [-0.25, -0.2) is 4.57 Å². The average molecular weight is 258 g/mol. The quantitative estimate of drug-likeness (QED) is 0.793. The van der Waals surface area contributed by atoms with Gasteiger partial charge in [0.1, 0.15) is 5.75 Å². The summed E-state index contributed by atoms with van der Waals surface area (Å²) in [6.45, 7) is 6.19. The van der Waals surface area contributed by atoms with E-state index in [1.54, 1.807) is 12.1 Å². The number of benzene rings is 1. The van der Waals surface area contributed by atoms with Crippen molar-refractivity contribution in [3.63, 3.8) is 0 Å². The lowest BCUT2D eigenvalue weighted by Gasteiger charge is -2.13. The van der Waals surface area contributed by atoms with Gasteiger partial charge in [-0.15, -0.1) is 0 Å². The number of hydrogen-bond donors (Lipinski definition) is 1. The van der Waals surface area contributed by atoms with Crippen LogP contribution in [0.5, 0.6) is 5.75 Å². The number of hydrogen-bond acceptors (Lipinski definition) is 3. The number of phosphoric ester groups is 1. The normalized spacial score (nSPS) is 14.6. The van der Waals surface area contributed by atoms with Crippen LogP contribution >= 0.6 is 7.82 Å². The van der Waals surface area contributed by atoms with Gasteiger partial charge in [-0.1, -0.05) is 31.5 Å². The minimum absolute atomic E-state index is 0.220. The summed E-state index contributed by atoms with van der Waals surface area (Å²) in [5, 5.41) is 0. The van der Waals surface area contributed by atoms with E-state index >= 15 is 0 Å². The molecule has 4 nitrogen and oxygen atoms in total. The maximum Gasteiger partial charge on any atom is 0.527 e. The molecular formula is C12H19O4P. The smallest absolute Gasteiger partial charge is 0.404 e. The Kier molecular flexibility index (Phi) is 5.19. The number of aryl methyl sites for hydroxylation is 1. The first-order chi connectivity index (χ1) is 7.89. The van der Waals surface area contributed by atoms with Gasteiger partial charge < -0.3 is 4.52 Å². The molecule has 0 amide bonds. The van der Waals surface area contributed by atoms with E-state index in [1.807, 2.05) is 32.9 Å². The zero-order valence-electron chi connectivity index (χ0n) is 10.4. The van der Waals surface area contributed by atoms with E-state index in [-0.39, 0.29) is 6.61 Å². The van der Waals surface area contributed by atoms with Crippen molar-refractivity contribution in [3.8, 4) is 5.75 Å². The Hall–Kier alpha value is -0.830. The molecule has 0 aliphatic heterocycles. The van der Waals surface area contributed by atoms with Crippen molar-refractivity contribution < 1.29 is 18.5 Å². The van der Waals surface area contributed by atoms with Crippen LogP contribution in [-0.4, -0.2) is 11.5 Å². The third kappa shape index (κ3) is 5.87. The summed E-state index contributed by atoms with van der Waals surface area (Å²) in [5.74, 6) is 0.764. The molecule has 0 saturated heterocycles. The van der Waals surface area contributed by atoms with Crippen LogP contribution in [0.1, 0.15) is 25.8 Å². The Balaban J connectivity index is 2.48. The van der Waals surface area contributed by atoms with Crippen LogP contribution in [0.2, 0.25) is 0 Å². The highest BCUT2D eigenvalue weighted by atomic mass is 31.2. The summed E-state index contributed by atoms with van der Waals surface area (Å²) < 4.78 is 21.4. The van der Waals surface area contributed by atoms with E-state index in [0.717, 1.165) is 12.0 Å². The van der Waals surface area contributed by atoms with E-state index in [0.29, 0.717) is 11.7 Å². The fourth-order valence-corrected chi connectivity index (χ4v) is 1.94. The largest absolute Gasteiger partial charge is 0.527 e. The molecule has 0 radical (unpaired) electrons. The molecule has 0 aliphatic carbocycles. The number of phosphoric acid groups is 1. The fourth-order valence-electron chi connectivity index (χ4n) is 1.16. The Morgan fingerprint density at radius 3 is 2.41 bits per heavy atom. The van der Waals surface area contributed by atoms with Crippen LogP contribution in [0.15, 0.2) is 24.3 Å². The topological polar surface area (TPSA) is 55.8 Å². The third-order valence-corrected chi connectivity index (χ3v) is 3.14. The first-order valence-electron chi connectivity index (χ1n) is 5.62. The van der Waals surface area contributed by atoms with Crippen molar-refractivity contribution in [2.24, 2.45) is 5.92 Å². The molecule has 0 fully saturated rings. The van der Waals surface area contributed by atoms with Crippen molar-refractivity contribution in [2.75, 3.05) is 6.61 Å². The van der Waals surface area contributed by atoms with E-state index in [4.69, 9.17) is 9.05 Å². The maximum absolute atomic E-state index is 11.6. The molecule has 1 N–H and O–H groups in total. The van der Waals surface area contributed by atoms with E-state index in [1.165, 1.54) is 0 Å². The standard InChI is InChI=1S/C12H19O4P/c1-10(2)8-9-15-17(13,14)16-12-6-4-11(3)5-7-12/h4-7,10H,8-9H2,1-3H3,(H,13,14). The van der Waals surface area contributed by atoms with Crippen LogP contribution in [0.4, 0.5) is 0 Å². The molecule has 1 rings (SSSR count). The molecule has 0 spiro atoms. The summed E-state index contributed by atoms with van der Waals surface area (Å²) in [4.78, 5) is 9.46. The molecule has 1 aromatic carbocycles. The Labute approximate surface area is 102 Å². The highest BCUT2D eigenvalue weighted by molar-refractivity contribution is 7.47. The zero-order chi connectivity index (χ0) is 12.9. The maximum atomic E-state index is 11.6. The molecule has 17 heavy (non-hydrogen) atoms. The lowest BCUT2D eigenvalue weighted by Crippen LogP contribution is -2.01. The second-order valence-corrected chi connectivity index (χ2v) is 5.77. The monoisotopic (exact) mass is 258 g/mol. The van der Waals surface area contributed by atoms with Gasteiger partial charge in [0.05, 0.1) is 6.61 Å². The summed E-state index contributed by atoms with van der Waals surface area (Å²) in [6, 6.07) is 6.90. The van der Waals surface area contributed by atoms with Crippen molar-refractivity contribution in [2.45, 2.75) is 27.2 Å². The molecule has 1 aromatic rings. The van der Waals surface area contributed by atoms with Crippen molar-refractivity contribution >= 4 is 7.82 Å². The van der Waals surface area contributed by atoms with Crippen LogP contribution in [0.25, 0.3) is 0 Å². The first kappa shape index (κ1) is 14.2. The molecule has 96 valence electrons. The molecule has 0 aromatic heterocycles. The van der Waals surface area contributed by atoms with E-state index < -0.39 is 7.82 Å². The number of rotatable bonds is 6. The van der Waals surface area contributed by atoms with Gasteiger partial charge >= 0.3 is 7.82 Å². The second-order valence-electron chi connectivity index (χ2n) is 4.39. The van der Waals surface area contributed by atoms with Crippen LogP contribution in [0, 0.1) is 12.8 Å². The molecule has 0 bridgehead atoms. The van der Waals surface area contributed by atoms with Gasteiger partial charge in [-0.2, -0.15) is 0 Å².